The van der Waals surface area contributed by atoms with Gasteiger partial charge in [0, 0.05) is 28.3 Å². The third-order valence-corrected chi connectivity index (χ3v) is 6.10. The maximum Gasteiger partial charge on any atom is 0.272 e. The van der Waals surface area contributed by atoms with Crippen LogP contribution in [0, 0.1) is 6.92 Å². The number of rotatable bonds is 4. The molecule has 0 radical (unpaired) electrons. The van der Waals surface area contributed by atoms with Gasteiger partial charge in [0.05, 0.1) is 24.7 Å². The van der Waals surface area contributed by atoms with E-state index in [1.807, 2.05) is 42.6 Å². The van der Waals surface area contributed by atoms with E-state index in [2.05, 4.69) is 31.7 Å². The summed E-state index contributed by atoms with van der Waals surface area (Å²) in [5, 5.41) is 17.9. The minimum Gasteiger partial charge on any atom is -0.497 e. The van der Waals surface area contributed by atoms with Crippen molar-refractivity contribution in [2.75, 3.05) is 12.4 Å². The van der Waals surface area contributed by atoms with Crippen LogP contribution >= 0.6 is 11.3 Å². The Morgan fingerprint density at radius 2 is 2.07 bits per heavy atom. The molecule has 1 amide bonds. The van der Waals surface area contributed by atoms with Crippen LogP contribution in [0.1, 0.15) is 28.5 Å². The van der Waals surface area contributed by atoms with Crippen LogP contribution < -0.4 is 10.1 Å². The molecule has 0 bridgehead atoms. The lowest BCUT2D eigenvalue weighted by molar-refractivity contribution is -0.116. The van der Waals surface area contributed by atoms with Crippen LogP contribution in [-0.2, 0) is 4.79 Å². The minimum absolute atomic E-state index is 0.0276. The van der Waals surface area contributed by atoms with Crippen LogP contribution in [0.25, 0.3) is 17.2 Å². The van der Waals surface area contributed by atoms with Gasteiger partial charge in [0.2, 0.25) is 5.91 Å². The molecule has 1 atom stereocenters. The van der Waals surface area contributed by atoms with Crippen molar-refractivity contribution in [3.63, 3.8) is 0 Å². The molecule has 1 aliphatic heterocycles. The molecule has 5 rings (SSSR count). The number of aryl methyl sites for hydroxylation is 1. The summed E-state index contributed by atoms with van der Waals surface area (Å²) in [4.78, 5) is 18.2. The molecule has 30 heavy (non-hydrogen) atoms. The third kappa shape index (κ3) is 3.13. The molecule has 1 N–H and O–H groups in total. The van der Waals surface area contributed by atoms with Gasteiger partial charge in [0.15, 0.2) is 0 Å². The summed E-state index contributed by atoms with van der Waals surface area (Å²) >= 11 is 1.64. The lowest BCUT2D eigenvalue weighted by Gasteiger charge is -2.22. The number of methoxy groups -OCH3 is 1. The van der Waals surface area contributed by atoms with Crippen LogP contribution in [0.3, 0.4) is 0 Å². The Labute approximate surface area is 176 Å². The number of hydrogen-bond acceptors (Lipinski definition) is 7. The Kier molecular flexibility index (Phi) is 4.51. The van der Waals surface area contributed by atoms with E-state index in [-0.39, 0.29) is 11.8 Å². The second-order valence-corrected chi connectivity index (χ2v) is 7.93. The van der Waals surface area contributed by atoms with Gasteiger partial charge in [-0.3, -0.25) is 4.79 Å². The first-order chi connectivity index (χ1) is 14.6. The van der Waals surface area contributed by atoms with Crippen molar-refractivity contribution in [1.29, 1.82) is 0 Å². The predicted molar refractivity (Wildman–Crippen MR) is 113 cm³/mol. The highest BCUT2D eigenvalue weighted by Crippen LogP contribution is 2.41. The predicted octanol–water partition coefficient (Wildman–Crippen LogP) is 3.58. The summed E-state index contributed by atoms with van der Waals surface area (Å²) in [6.07, 6.45) is 1.99. The number of ether oxygens (including phenoxy) is 1. The molecule has 8 nitrogen and oxygen atoms in total. The number of carbonyl (C=O) groups excluding carboxylic acids is 1. The van der Waals surface area contributed by atoms with Gasteiger partial charge in [-0.25, -0.2) is 4.98 Å². The summed E-state index contributed by atoms with van der Waals surface area (Å²) in [6.45, 7) is 1.94. The van der Waals surface area contributed by atoms with Crippen molar-refractivity contribution >= 4 is 23.1 Å². The molecule has 0 saturated heterocycles. The highest BCUT2D eigenvalue weighted by atomic mass is 32.1. The van der Waals surface area contributed by atoms with E-state index in [4.69, 9.17) is 4.74 Å². The van der Waals surface area contributed by atoms with Gasteiger partial charge in [0.1, 0.15) is 11.6 Å². The van der Waals surface area contributed by atoms with Crippen LogP contribution in [0.4, 0.5) is 5.82 Å². The molecular weight excluding hydrogens is 400 g/mol. The van der Waals surface area contributed by atoms with Gasteiger partial charge in [-0.1, -0.05) is 6.07 Å². The van der Waals surface area contributed by atoms with Crippen LogP contribution in [0.15, 0.2) is 48.0 Å². The van der Waals surface area contributed by atoms with Gasteiger partial charge in [-0.2, -0.15) is 14.9 Å². The maximum absolute atomic E-state index is 12.5. The molecule has 150 valence electrons. The lowest BCUT2D eigenvalue weighted by Crippen LogP contribution is -2.25. The fourth-order valence-corrected chi connectivity index (χ4v) is 4.55. The van der Waals surface area contributed by atoms with Gasteiger partial charge in [-0.05, 0) is 42.6 Å². The molecule has 1 aliphatic rings. The zero-order chi connectivity index (χ0) is 20.7. The summed E-state index contributed by atoms with van der Waals surface area (Å²) in [6, 6.07) is 11.6. The van der Waals surface area contributed by atoms with Crippen LogP contribution in [-0.4, -0.2) is 38.0 Å². The second-order valence-electron chi connectivity index (χ2n) is 6.95. The van der Waals surface area contributed by atoms with Crippen molar-refractivity contribution in [2.45, 2.75) is 19.3 Å². The smallest absolute Gasteiger partial charge is 0.272 e. The Bertz CT molecular complexity index is 1220. The summed E-state index contributed by atoms with van der Waals surface area (Å²) in [5.74, 6) is 1.59. The van der Waals surface area contributed by atoms with Crippen molar-refractivity contribution in [3.8, 4) is 23.0 Å². The summed E-state index contributed by atoms with van der Waals surface area (Å²) in [5.41, 5.74) is 3.36. The number of amides is 1. The van der Waals surface area contributed by atoms with Gasteiger partial charge < -0.3 is 10.1 Å². The average Bonchev–Trinajstić information content (AvgIpc) is 3.42. The van der Waals surface area contributed by atoms with E-state index in [0.717, 1.165) is 27.4 Å². The first-order valence-corrected chi connectivity index (χ1v) is 10.3. The number of benzene rings is 1. The molecule has 1 aromatic carbocycles. The molecule has 4 aromatic rings. The summed E-state index contributed by atoms with van der Waals surface area (Å²) < 4.78 is 6.78. The van der Waals surface area contributed by atoms with E-state index in [1.165, 1.54) is 0 Å². The Balaban J connectivity index is 1.59. The molecule has 0 saturated carbocycles. The highest BCUT2D eigenvalue weighted by molar-refractivity contribution is 7.10. The number of thiophene rings is 1. The fourth-order valence-electron chi connectivity index (χ4n) is 3.71. The Morgan fingerprint density at radius 3 is 2.80 bits per heavy atom. The van der Waals surface area contributed by atoms with E-state index < -0.39 is 0 Å². The number of nitrogens with zero attached hydrogens (tertiary/aromatic N) is 5. The Hall–Kier alpha value is -3.59. The number of carbonyl (C=O) groups is 1. The number of fused-ring (bicyclic) bond motifs is 1. The average molecular weight is 418 g/mol. The van der Waals surface area contributed by atoms with Crippen molar-refractivity contribution in [2.24, 2.45) is 0 Å². The van der Waals surface area contributed by atoms with Crippen molar-refractivity contribution < 1.29 is 9.53 Å². The zero-order valence-corrected chi connectivity index (χ0v) is 17.2. The minimum atomic E-state index is -0.0543. The normalized spacial score (nSPS) is 15.5. The topological polar surface area (TPSA) is 94.8 Å². The summed E-state index contributed by atoms with van der Waals surface area (Å²) in [7, 11) is 1.63. The number of nitrogens with one attached hydrogen (secondary N) is 1. The highest BCUT2D eigenvalue weighted by Gasteiger charge is 2.33. The quantitative estimate of drug-likeness (QED) is 0.544. The van der Waals surface area contributed by atoms with E-state index in [9.17, 15) is 4.79 Å². The molecule has 4 heterocycles. The molecule has 3 aromatic heterocycles. The SMILES string of the molecule is COc1ccc(-c2cnnc(-n3nc(C)c4c3NC(=O)CC4c3cccs3)n2)cc1. The number of anilines is 1. The molecule has 0 aliphatic carbocycles. The van der Waals surface area contributed by atoms with Gasteiger partial charge in [0.25, 0.3) is 5.95 Å². The monoisotopic (exact) mass is 418 g/mol. The van der Waals surface area contributed by atoms with Crippen LogP contribution in [0.5, 0.6) is 5.75 Å². The van der Waals surface area contributed by atoms with Crippen molar-refractivity contribution in [3.05, 3.63) is 64.1 Å². The van der Waals surface area contributed by atoms with Crippen LogP contribution in [0.2, 0.25) is 0 Å². The fraction of sp³-hybridized carbons (Fsp3) is 0.190. The standard InChI is InChI=1S/C21H18N6O2S/c1-12-19-15(17-4-3-9-30-17)10-18(28)24-20(19)27(26-12)21-23-16(11-22-25-21)13-5-7-14(29-2)8-6-13/h3-9,11,15H,10H2,1-2H3,(H,24,28). The van der Waals surface area contributed by atoms with E-state index in [1.54, 1.807) is 29.3 Å². The van der Waals surface area contributed by atoms with Crippen molar-refractivity contribution in [1.82, 2.24) is 25.0 Å². The second kappa shape index (κ2) is 7.34. The molecule has 1 unspecified atom stereocenters. The number of aromatic nitrogens is 5. The van der Waals surface area contributed by atoms with Gasteiger partial charge >= 0.3 is 0 Å². The van der Waals surface area contributed by atoms with E-state index >= 15 is 0 Å². The van der Waals surface area contributed by atoms with E-state index in [0.29, 0.717) is 23.9 Å². The Morgan fingerprint density at radius 1 is 1.23 bits per heavy atom. The van der Waals surface area contributed by atoms with Gasteiger partial charge in [-0.15, -0.1) is 16.4 Å². The molecule has 9 heteroatoms. The first-order valence-electron chi connectivity index (χ1n) is 9.41. The molecular formula is C21H18N6O2S. The number of hydrogen-bond donors (Lipinski definition) is 1. The zero-order valence-electron chi connectivity index (χ0n) is 16.4. The maximum atomic E-state index is 12.5. The largest absolute Gasteiger partial charge is 0.497 e. The third-order valence-electron chi connectivity index (χ3n) is 5.11. The molecule has 0 spiro atoms. The lowest BCUT2D eigenvalue weighted by atomic mass is 9.91. The molecule has 0 fully saturated rings. The first kappa shape index (κ1) is 18.4.